The second-order valence-electron chi connectivity index (χ2n) is 6.70. The van der Waals surface area contributed by atoms with E-state index in [0.29, 0.717) is 16.8 Å². The van der Waals surface area contributed by atoms with Crippen LogP contribution in [0.2, 0.25) is 5.02 Å². The first-order valence-corrected chi connectivity index (χ1v) is 8.42. The van der Waals surface area contributed by atoms with Crippen LogP contribution >= 0.6 is 24.2 Å². The van der Waals surface area contributed by atoms with Crippen LogP contribution in [0, 0.1) is 0 Å². The highest BCUT2D eigenvalue weighted by Gasteiger charge is 2.52. The van der Waals surface area contributed by atoms with Crippen molar-refractivity contribution in [2.45, 2.75) is 45.1 Å². The molecule has 1 saturated heterocycles. The number of alkyl halides is 3. The first-order valence-electron chi connectivity index (χ1n) is 7.41. The topological polar surface area (TPSA) is 18.5 Å². The van der Waals surface area contributed by atoms with E-state index in [0.717, 1.165) is 6.07 Å². The summed E-state index contributed by atoms with van der Waals surface area (Å²) < 4.78 is 50.2. The third-order valence-corrected chi connectivity index (χ3v) is 5.07. The molecule has 0 atom stereocenters. The van der Waals surface area contributed by atoms with Crippen molar-refractivity contribution in [3.05, 3.63) is 39.8 Å². The number of hydrogen-bond acceptors (Lipinski definition) is 3. The summed E-state index contributed by atoms with van der Waals surface area (Å²) in [6.45, 7) is 7.71. The Hall–Kier alpha value is -0.625. The molecule has 0 aliphatic carbocycles. The summed E-state index contributed by atoms with van der Waals surface area (Å²) in [7, 11) is -0.603. The van der Waals surface area contributed by atoms with E-state index in [1.54, 1.807) is 6.08 Å². The van der Waals surface area contributed by atoms with E-state index in [1.807, 2.05) is 27.7 Å². The van der Waals surface area contributed by atoms with Crippen LogP contribution in [0.15, 0.2) is 23.7 Å². The van der Waals surface area contributed by atoms with Crippen molar-refractivity contribution in [1.29, 1.82) is 0 Å². The van der Waals surface area contributed by atoms with Crippen LogP contribution in [0.3, 0.4) is 0 Å². The fourth-order valence-corrected chi connectivity index (χ4v) is 2.78. The highest BCUT2D eigenvalue weighted by molar-refractivity contribution is 7.80. The van der Waals surface area contributed by atoms with Crippen LogP contribution in [0.1, 0.15) is 38.8 Å². The van der Waals surface area contributed by atoms with Gasteiger partial charge in [-0.25, -0.2) is 0 Å². The Labute approximate surface area is 150 Å². The minimum absolute atomic E-state index is 0.343. The van der Waals surface area contributed by atoms with Crippen LogP contribution in [0.4, 0.5) is 13.2 Å². The molecule has 1 heterocycles. The molecule has 0 spiro atoms. The molecule has 0 aromatic heterocycles. The van der Waals surface area contributed by atoms with Gasteiger partial charge in [0.05, 0.1) is 21.8 Å². The van der Waals surface area contributed by atoms with Crippen molar-refractivity contribution in [1.82, 2.24) is 0 Å². The van der Waals surface area contributed by atoms with E-state index in [1.165, 1.54) is 12.1 Å². The Morgan fingerprint density at radius 1 is 1.21 bits per heavy atom. The minimum Gasteiger partial charge on any atom is -0.400 e. The average Bonchev–Trinajstić information content (AvgIpc) is 2.63. The zero-order chi connectivity index (χ0) is 18.3. The van der Waals surface area contributed by atoms with Crippen LogP contribution in [-0.4, -0.2) is 24.1 Å². The molecule has 2 nitrogen and oxygen atoms in total. The van der Waals surface area contributed by atoms with Gasteiger partial charge < -0.3 is 9.31 Å². The zero-order valence-electron chi connectivity index (χ0n) is 13.9. The number of thiol groups is 1. The monoisotopic (exact) mass is 378 g/mol. The van der Waals surface area contributed by atoms with Gasteiger partial charge in [0.2, 0.25) is 0 Å². The lowest BCUT2D eigenvalue weighted by Gasteiger charge is -2.32. The lowest BCUT2D eigenvalue weighted by Crippen LogP contribution is -2.41. The van der Waals surface area contributed by atoms with Crippen LogP contribution in [0.5, 0.6) is 0 Å². The largest absolute Gasteiger partial charge is 0.491 e. The third kappa shape index (κ3) is 3.95. The molecule has 1 aliphatic heterocycles. The van der Waals surface area contributed by atoms with E-state index in [-0.39, 0.29) is 5.02 Å². The first kappa shape index (κ1) is 19.7. The van der Waals surface area contributed by atoms with Gasteiger partial charge in [0.1, 0.15) is 0 Å². The molecule has 132 valence electrons. The van der Waals surface area contributed by atoms with Crippen molar-refractivity contribution >= 4 is 37.4 Å². The summed E-state index contributed by atoms with van der Waals surface area (Å²) >= 11 is 10.0. The van der Waals surface area contributed by atoms with Gasteiger partial charge >= 0.3 is 13.3 Å². The summed E-state index contributed by atoms with van der Waals surface area (Å²) in [5.41, 5.74) is -0.612. The van der Waals surface area contributed by atoms with Crippen molar-refractivity contribution < 1.29 is 22.5 Å². The Morgan fingerprint density at radius 3 is 2.17 bits per heavy atom. The summed E-state index contributed by atoms with van der Waals surface area (Å²) in [4.78, 5) is 0. The summed E-state index contributed by atoms with van der Waals surface area (Å²) in [6, 6.07) is 3.61. The second-order valence-corrected chi connectivity index (χ2v) is 7.43. The molecule has 1 fully saturated rings. The Kier molecular flexibility index (Phi) is 5.41. The number of hydrogen-bond donors (Lipinski definition) is 1. The maximum absolute atomic E-state index is 12.8. The van der Waals surface area contributed by atoms with E-state index in [2.05, 4.69) is 12.6 Å². The standard InChI is InChI=1S/C16H19BClF3O2S/c1-14(2)15(3,4)23-17(22-14)11(9-24)7-10-5-6-12(13(18)8-10)16(19,20)21/h5-8,24H,9H2,1-4H3. The van der Waals surface area contributed by atoms with Crippen LogP contribution < -0.4 is 0 Å². The average molecular weight is 379 g/mol. The summed E-state index contributed by atoms with van der Waals surface area (Å²) in [5, 5.41) is -0.344. The highest BCUT2D eigenvalue weighted by atomic mass is 35.5. The lowest BCUT2D eigenvalue weighted by molar-refractivity contribution is -0.137. The summed E-state index contributed by atoms with van der Waals surface area (Å²) in [5.74, 6) is 0.343. The molecule has 0 unspecified atom stereocenters. The molecule has 0 bridgehead atoms. The van der Waals surface area contributed by atoms with Crippen LogP contribution in [-0.2, 0) is 15.5 Å². The maximum atomic E-state index is 12.8. The maximum Gasteiger partial charge on any atom is 0.491 e. The number of halogens is 4. The molecule has 0 N–H and O–H groups in total. The number of rotatable bonds is 3. The quantitative estimate of drug-likeness (QED) is 0.568. The van der Waals surface area contributed by atoms with Gasteiger partial charge in [-0.2, -0.15) is 25.8 Å². The second kappa shape index (κ2) is 6.59. The first-order chi connectivity index (χ1) is 10.9. The predicted octanol–water partition coefficient (Wildman–Crippen LogP) is 5.30. The number of benzene rings is 1. The lowest BCUT2D eigenvalue weighted by atomic mass is 9.78. The molecule has 0 saturated carbocycles. The zero-order valence-corrected chi connectivity index (χ0v) is 15.5. The molecule has 1 aromatic rings. The highest BCUT2D eigenvalue weighted by Crippen LogP contribution is 2.39. The van der Waals surface area contributed by atoms with Gasteiger partial charge in [-0.3, -0.25) is 0 Å². The van der Waals surface area contributed by atoms with E-state index in [4.69, 9.17) is 20.9 Å². The Balaban J connectivity index is 2.31. The fraction of sp³-hybridized carbons (Fsp3) is 0.500. The molecule has 1 aliphatic rings. The fourth-order valence-electron chi connectivity index (χ4n) is 2.25. The molecule has 1 aromatic carbocycles. The van der Waals surface area contributed by atoms with Gasteiger partial charge in [0.15, 0.2) is 0 Å². The van der Waals surface area contributed by atoms with Gasteiger partial charge in [-0.1, -0.05) is 23.7 Å². The SMILES string of the molecule is CC1(C)OB(C(=Cc2ccc(C(F)(F)F)c(Cl)c2)CS)OC1(C)C. The molecular weight excluding hydrogens is 360 g/mol. The predicted molar refractivity (Wildman–Crippen MR) is 94.4 cm³/mol. The van der Waals surface area contributed by atoms with Gasteiger partial charge in [-0.05, 0) is 50.9 Å². The Bertz CT molecular complexity index is 643. The summed E-state index contributed by atoms with van der Waals surface area (Å²) in [6.07, 6.45) is -2.78. The van der Waals surface area contributed by atoms with E-state index in [9.17, 15) is 13.2 Å². The molecule has 8 heteroatoms. The van der Waals surface area contributed by atoms with Crippen LogP contribution in [0.25, 0.3) is 6.08 Å². The van der Waals surface area contributed by atoms with Gasteiger partial charge in [-0.15, -0.1) is 0 Å². The third-order valence-electron chi connectivity index (χ3n) is 4.39. The molecule has 24 heavy (non-hydrogen) atoms. The van der Waals surface area contributed by atoms with Gasteiger partial charge in [0, 0.05) is 5.75 Å². The van der Waals surface area contributed by atoms with Crippen molar-refractivity contribution in [3.8, 4) is 0 Å². The van der Waals surface area contributed by atoms with Crippen molar-refractivity contribution in [3.63, 3.8) is 0 Å². The van der Waals surface area contributed by atoms with Gasteiger partial charge in [0.25, 0.3) is 0 Å². The smallest absolute Gasteiger partial charge is 0.400 e. The molecule has 2 rings (SSSR count). The molecular formula is C16H19BClF3O2S. The van der Waals surface area contributed by atoms with E-state index < -0.39 is 30.1 Å². The van der Waals surface area contributed by atoms with Crippen molar-refractivity contribution in [2.24, 2.45) is 0 Å². The molecule has 0 radical (unpaired) electrons. The normalized spacial score (nSPS) is 20.5. The molecule has 0 amide bonds. The van der Waals surface area contributed by atoms with E-state index >= 15 is 0 Å². The van der Waals surface area contributed by atoms with Crippen molar-refractivity contribution in [2.75, 3.05) is 5.75 Å². The Morgan fingerprint density at radius 2 is 1.75 bits per heavy atom. The minimum atomic E-state index is -4.47.